The van der Waals surface area contributed by atoms with Crippen LogP contribution in [0.5, 0.6) is 0 Å². The molecular formula is C11H10ClNO2. The molecule has 0 saturated carbocycles. The Hall–Kier alpha value is -1.53. The van der Waals surface area contributed by atoms with Gasteiger partial charge in [-0.2, -0.15) is 0 Å². The van der Waals surface area contributed by atoms with E-state index in [4.69, 9.17) is 11.6 Å². The van der Waals surface area contributed by atoms with E-state index in [9.17, 15) is 10.1 Å². The molecule has 0 unspecified atom stereocenters. The number of rotatable bonds is 2. The molecule has 1 aromatic carbocycles. The number of aryl methyl sites for hydroxylation is 1. The van der Waals surface area contributed by atoms with Crippen molar-refractivity contribution in [3.8, 4) is 11.8 Å². The monoisotopic (exact) mass is 223 g/mol. The van der Waals surface area contributed by atoms with Gasteiger partial charge in [0.05, 0.1) is 4.92 Å². The first-order chi connectivity index (χ1) is 7.15. The number of nitro groups is 1. The standard InChI is InChI=1S/C11H10ClNO2/c1-9-5-6-10(4-2-3-7-12)11(8-9)13(14)15/h5-6,8H,3,7H2,1H3. The van der Waals surface area contributed by atoms with Crippen LogP contribution >= 0.6 is 11.6 Å². The Morgan fingerprint density at radius 3 is 2.87 bits per heavy atom. The van der Waals surface area contributed by atoms with E-state index in [0.29, 0.717) is 17.9 Å². The molecule has 15 heavy (non-hydrogen) atoms. The lowest BCUT2D eigenvalue weighted by Gasteiger charge is -1.96. The SMILES string of the molecule is Cc1ccc(C#CCCCl)c([N+](=O)[O-])c1. The fraction of sp³-hybridized carbons (Fsp3) is 0.273. The molecule has 0 amide bonds. The summed E-state index contributed by atoms with van der Waals surface area (Å²) in [5.74, 6) is 5.96. The van der Waals surface area contributed by atoms with Crippen LogP contribution in [0.4, 0.5) is 5.69 Å². The van der Waals surface area contributed by atoms with Crippen LogP contribution in [0.2, 0.25) is 0 Å². The van der Waals surface area contributed by atoms with Gasteiger partial charge in [0.2, 0.25) is 0 Å². The van der Waals surface area contributed by atoms with Crippen LogP contribution in [-0.2, 0) is 0 Å². The molecule has 0 spiro atoms. The van der Waals surface area contributed by atoms with Gasteiger partial charge in [-0.3, -0.25) is 10.1 Å². The van der Waals surface area contributed by atoms with E-state index in [1.165, 1.54) is 6.07 Å². The molecule has 78 valence electrons. The van der Waals surface area contributed by atoms with E-state index in [0.717, 1.165) is 5.56 Å². The lowest BCUT2D eigenvalue weighted by Crippen LogP contribution is -1.92. The lowest BCUT2D eigenvalue weighted by atomic mass is 10.1. The fourth-order valence-electron chi connectivity index (χ4n) is 1.10. The van der Waals surface area contributed by atoms with Crippen molar-refractivity contribution < 1.29 is 4.92 Å². The van der Waals surface area contributed by atoms with Crippen LogP contribution in [0, 0.1) is 28.9 Å². The third kappa shape index (κ3) is 3.26. The van der Waals surface area contributed by atoms with Crippen molar-refractivity contribution >= 4 is 17.3 Å². The van der Waals surface area contributed by atoms with Gasteiger partial charge in [-0.1, -0.05) is 17.9 Å². The quantitative estimate of drug-likeness (QED) is 0.335. The Kier molecular flexibility index (Phi) is 4.14. The molecule has 1 aromatic rings. The Morgan fingerprint density at radius 1 is 1.53 bits per heavy atom. The fourth-order valence-corrected chi connectivity index (χ4v) is 1.20. The summed E-state index contributed by atoms with van der Waals surface area (Å²) >= 11 is 5.46. The molecular weight excluding hydrogens is 214 g/mol. The third-order valence-electron chi connectivity index (χ3n) is 1.79. The summed E-state index contributed by atoms with van der Waals surface area (Å²) in [6.07, 6.45) is 0.534. The van der Waals surface area contributed by atoms with E-state index in [1.807, 2.05) is 6.92 Å². The number of hydrogen-bond donors (Lipinski definition) is 0. The minimum absolute atomic E-state index is 0.0528. The summed E-state index contributed by atoms with van der Waals surface area (Å²) in [4.78, 5) is 10.3. The van der Waals surface area contributed by atoms with Gasteiger partial charge in [0.1, 0.15) is 5.56 Å². The maximum Gasteiger partial charge on any atom is 0.285 e. The molecule has 3 nitrogen and oxygen atoms in total. The van der Waals surface area contributed by atoms with Gasteiger partial charge < -0.3 is 0 Å². The highest BCUT2D eigenvalue weighted by Crippen LogP contribution is 2.18. The van der Waals surface area contributed by atoms with E-state index < -0.39 is 4.92 Å². The zero-order chi connectivity index (χ0) is 11.3. The van der Waals surface area contributed by atoms with Gasteiger partial charge in [-0.25, -0.2) is 0 Å². The number of halogens is 1. The molecule has 0 saturated heterocycles. The van der Waals surface area contributed by atoms with Crippen molar-refractivity contribution in [2.75, 3.05) is 5.88 Å². The first-order valence-corrected chi connectivity index (χ1v) is 4.98. The molecule has 0 aliphatic carbocycles. The Bertz CT molecular complexity index is 432. The number of hydrogen-bond acceptors (Lipinski definition) is 2. The van der Waals surface area contributed by atoms with Crippen molar-refractivity contribution in [1.82, 2.24) is 0 Å². The largest absolute Gasteiger partial charge is 0.285 e. The average molecular weight is 224 g/mol. The molecule has 0 fully saturated rings. The zero-order valence-electron chi connectivity index (χ0n) is 8.29. The minimum atomic E-state index is -0.419. The second-order valence-corrected chi connectivity index (χ2v) is 3.40. The molecule has 0 atom stereocenters. The first kappa shape index (κ1) is 11.5. The van der Waals surface area contributed by atoms with Crippen LogP contribution in [0.3, 0.4) is 0 Å². The molecule has 0 aliphatic heterocycles. The predicted molar refractivity (Wildman–Crippen MR) is 60.0 cm³/mol. The van der Waals surface area contributed by atoms with Crippen molar-refractivity contribution in [2.45, 2.75) is 13.3 Å². The van der Waals surface area contributed by atoms with E-state index in [2.05, 4.69) is 11.8 Å². The van der Waals surface area contributed by atoms with Gasteiger partial charge in [0.25, 0.3) is 5.69 Å². The maximum absolute atomic E-state index is 10.7. The lowest BCUT2D eigenvalue weighted by molar-refractivity contribution is -0.385. The Balaban J connectivity index is 3.08. The topological polar surface area (TPSA) is 43.1 Å². The summed E-state index contributed by atoms with van der Waals surface area (Å²) < 4.78 is 0. The van der Waals surface area contributed by atoms with Crippen LogP contribution in [0.25, 0.3) is 0 Å². The molecule has 0 heterocycles. The second kappa shape index (κ2) is 5.38. The minimum Gasteiger partial charge on any atom is -0.258 e. The molecule has 0 bridgehead atoms. The van der Waals surface area contributed by atoms with Gasteiger partial charge in [-0.15, -0.1) is 11.6 Å². The van der Waals surface area contributed by atoms with Crippen LogP contribution in [0.1, 0.15) is 17.5 Å². The summed E-state index contributed by atoms with van der Waals surface area (Å²) in [5, 5.41) is 10.7. The number of nitro benzene ring substituents is 1. The number of nitrogens with zero attached hydrogens (tertiary/aromatic N) is 1. The van der Waals surface area contributed by atoms with Crippen LogP contribution in [0.15, 0.2) is 18.2 Å². The van der Waals surface area contributed by atoms with E-state index >= 15 is 0 Å². The molecule has 1 rings (SSSR count). The van der Waals surface area contributed by atoms with Crippen LogP contribution in [-0.4, -0.2) is 10.8 Å². The zero-order valence-corrected chi connectivity index (χ0v) is 9.04. The highest BCUT2D eigenvalue weighted by atomic mass is 35.5. The predicted octanol–water partition coefficient (Wildman–Crippen LogP) is 2.88. The molecule has 0 N–H and O–H groups in total. The molecule has 4 heteroatoms. The molecule has 0 aromatic heterocycles. The molecule has 0 aliphatic rings. The summed E-state index contributed by atoms with van der Waals surface area (Å²) in [5.41, 5.74) is 1.34. The summed E-state index contributed by atoms with van der Waals surface area (Å²) in [6.45, 7) is 1.81. The maximum atomic E-state index is 10.7. The van der Waals surface area contributed by atoms with Gasteiger partial charge in [0.15, 0.2) is 0 Å². The van der Waals surface area contributed by atoms with E-state index in [1.54, 1.807) is 12.1 Å². The smallest absolute Gasteiger partial charge is 0.258 e. The van der Waals surface area contributed by atoms with Crippen molar-refractivity contribution in [2.24, 2.45) is 0 Å². The van der Waals surface area contributed by atoms with Crippen molar-refractivity contribution in [1.29, 1.82) is 0 Å². The highest BCUT2D eigenvalue weighted by molar-refractivity contribution is 6.18. The van der Waals surface area contributed by atoms with Gasteiger partial charge in [0, 0.05) is 18.4 Å². The summed E-state index contributed by atoms with van der Waals surface area (Å²) in [7, 11) is 0. The second-order valence-electron chi connectivity index (χ2n) is 3.02. The van der Waals surface area contributed by atoms with Crippen molar-refractivity contribution in [3.05, 3.63) is 39.4 Å². The Morgan fingerprint density at radius 2 is 2.27 bits per heavy atom. The van der Waals surface area contributed by atoms with Crippen molar-refractivity contribution in [3.63, 3.8) is 0 Å². The first-order valence-electron chi connectivity index (χ1n) is 4.45. The number of alkyl halides is 1. The third-order valence-corrected chi connectivity index (χ3v) is 1.98. The average Bonchev–Trinajstić information content (AvgIpc) is 2.20. The van der Waals surface area contributed by atoms with Gasteiger partial charge in [-0.05, 0) is 18.6 Å². The van der Waals surface area contributed by atoms with Crippen LogP contribution < -0.4 is 0 Å². The highest BCUT2D eigenvalue weighted by Gasteiger charge is 2.11. The van der Waals surface area contributed by atoms with Gasteiger partial charge >= 0.3 is 0 Å². The summed E-state index contributed by atoms with van der Waals surface area (Å²) in [6, 6.07) is 4.98. The number of benzene rings is 1. The molecule has 0 radical (unpaired) electrons. The van der Waals surface area contributed by atoms with E-state index in [-0.39, 0.29) is 5.69 Å². The normalized spacial score (nSPS) is 9.20. The Labute approximate surface area is 93.2 Å².